The summed E-state index contributed by atoms with van der Waals surface area (Å²) >= 11 is 0. The molecule has 12 aromatic rings. The molecule has 11 aromatic heterocycles. The minimum Gasteiger partial charge on any atom is -0.264 e. The molecule has 0 amide bonds. The van der Waals surface area contributed by atoms with Gasteiger partial charge in [-0.3, -0.25) is 15.0 Å². The van der Waals surface area contributed by atoms with E-state index in [9.17, 15) is 0 Å². The minimum absolute atomic E-state index is 0.313. The number of rotatable bonds is 0. The van der Waals surface area contributed by atoms with E-state index >= 15 is 0 Å². The van der Waals surface area contributed by atoms with E-state index < -0.39 is 0 Å². The maximum absolute atomic E-state index is 4.39. The van der Waals surface area contributed by atoms with Crippen LogP contribution in [0.3, 0.4) is 0 Å². The molecule has 19 heteroatoms. The number of hydrogen-bond acceptors (Lipinski definition) is 7. The lowest BCUT2D eigenvalue weighted by atomic mass is 10.1. The summed E-state index contributed by atoms with van der Waals surface area (Å²) in [5.41, 5.74) is 13.5. The van der Waals surface area contributed by atoms with Crippen molar-refractivity contribution in [2.45, 2.75) is 244 Å². The Labute approximate surface area is 615 Å². The summed E-state index contributed by atoms with van der Waals surface area (Å²) in [4.78, 5) is 29.2. The first kappa shape index (κ1) is 90.1. The largest absolute Gasteiger partial charge is 0.264 e. The predicted octanol–water partition coefficient (Wildman–Crippen LogP) is 18.2. The molecule has 0 fully saturated rings. The molecule has 0 N–H and O–H groups in total. The molecule has 0 saturated heterocycles. The van der Waals surface area contributed by atoms with Crippen molar-refractivity contribution in [1.82, 2.24) is 63.0 Å². The molecule has 6 unspecified atom stereocenters. The van der Waals surface area contributed by atoms with Gasteiger partial charge < -0.3 is 0 Å². The molecule has 19 nitrogen and oxygen atoms in total. The molecule has 1 aromatic carbocycles. The van der Waals surface area contributed by atoms with Crippen LogP contribution in [0.25, 0.3) is 34.3 Å². The average molecular weight is 1400 g/mol. The molecule has 102 heavy (non-hydrogen) atoms. The topological polar surface area (TPSA) is 143 Å². The molecule has 0 radical (unpaired) electrons. The summed E-state index contributed by atoms with van der Waals surface area (Å²) in [6, 6.07) is 31.3. The fourth-order valence-corrected chi connectivity index (χ4v) is 11.6. The van der Waals surface area contributed by atoms with Gasteiger partial charge in [0, 0.05) is 109 Å². The van der Waals surface area contributed by atoms with Gasteiger partial charge in [-0.25, -0.2) is 19.9 Å². The quantitative estimate of drug-likeness (QED) is 0.138. The molecule has 17 heterocycles. The van der Waals surface area contributed by atoms with E-state index in [1.54, 1.807) is 12.7 Å². The zero-order valence-electron chi connectivity index (χ0n) is 68.2. The predicted molar refractivity (Wildman–Crippen MR) is 419 cm³/mol. The van der Waals surface area contributed by atoms with Gasteiger partial charge in [0.2, 0.25) is 42.1 Å². The maximum atomic E-state index is 4.39. The third-order valence-electron chi connectivity index (χ3n) is 15.6. The lowest BCUT2D eigenvalue weighted by Gasteiger charge is -1.94. The van der Waals surface area contributed by atoms with Gasteiger partial charge in [-0.05, 0) is 36.4 Å². The van der Waals surface area contributed by atoms with Gasteiger partial charge in [0.15, 0.2) is 42.9 Å². The van der Waals surface area contributed by atoms with Crippen molar-refractivity contribution < 1.29 is 28.1 Å². The van der Waals surface area contributed by atoms with Gasteiger partial charge in [-0.15, -0.1) is 56.2 Å². The van der Waals surface area contributed by atoms with Crippen molar-refractivity contribution in [2.75, 3.05) is 0 Å². The van der Waals surface area contributed by atoms with E-state index in [2.05, 4.69) is 232 Å². The van der Waals surface area contributed by atoms with Gasteiger partial charge in [0.25, 0.3) is 0 Å². The number of hydrogen-bond donors (Lipinski definition) is 0. The second-order valence-electron chi connectivity index (χ2n) is 19.8. The number of para-hydroxylation sites is 1. The third kappa shape index (κ3) is 20.2. The van der Waals surface area contributed by atoms with Crippen LogP contribution >= 0.6 is 0 Å². The Bertz CT molecular complexity index is 3440. The summed E-state index contributed by atoms with van der Waals surface area (Å²) in [6.07, 6.45) is 41.1. The Morgan fingerprint density at radius 2 is 0.569 bits per heavy atom. The smallest absolute Gasteiger partial charge is 0.223 e. The highest BCUT2D eigenvalue weighted by atomic mass is 15.5. The number of fused-ring (bicyclic) bond motifs is 18. The molecule has 552 valence electrons. The third-order valence-corrected chi connectivity index (χ3v) is 15.6. The molecule has 18 rings (SSSR count). The van der Waals surface area contributed by atoms with Gasteiger partial charge in [-0.1, -0.05) is 178 Å². The van der Waals surface area contributed by atoms with Crippen LogP contribution in [0.1, 0.15) is 278 Å². The van der Waals surface area contributed by atoms with E-state index in [1.165, 1.54) is 45.0 Å². The summed E-state index contributed by atoms with van der Waals surface area (Å²) in [7, 11) is 0. The highest BCUT2D eigenvalue weighted by Gasteiger charge is 2.37. The van der Waals surface area contributed by atoms with Crippen molar-refractivity contribution in [3.05, 3.63) is 249 Å². The van der Waals surface area contributed by atoms with Gasteiger partial charge in [0.1, 0.15) is 46.8 Å². The SMILES string of the molecule is CC.CC.CC.CC.CC.CC.CC.CC.CC.CC.CC.CC.CC1c2ccccc2-n2ccc[n+]21.CC1c2ccncc2-n2ccc[n+]21.CC1c2cnccc2-n2ccc[n+]21.CC1c2cncnc2-n2ccc[n+]21.CC1c2ncccc2-n2ccc[n+]21.CC1c2ncncc2-n2ccc[n+]21. The molecule has 0 saturated carbocycles. The zero-order valence-corrected chi connectivity index (χ0v) is 68.2. The van der Waals surface area contributed by atoms with Crippen LogP contribution in [0, 0.1) is 0 Å². The van der Waals surface area contributed by atoms with Crippen LogP contribution in [-0.2, 0) is 0 Å². The maximum Gasteiger partial charge on any atom is 0.223 e. The van der Waals surface area contributed by atoms with Gasteiger partial charge in [0.05, 0.1) is 71.8 Å². The number of nitrogens with zero attached hydrogens (tertiary/aromatic N) is 19. The first-order valence-corrected chi connectivity index (χ1v) is 38.3. The van der Waals surface area contributed by atoms with Crippen molar-refractivity contribution in [1.29, 1.82) is 0 Å². The summed E-state index contributed by atoms with van der Waals surface area (Å²) in [5.74, 6) is 0.993. The fraction of sp³-hybridized carbons (Fsp3) is 0.434. The number of aromatic nitrogens is 19. The molecule has 6 atom stereocenters. The molecule has 6 aliphatic rings. The van der Waals surface area contributed by atoms with Gasteiger partial charge >= 0.3 is 0 Å². The van der Waals surface area contributed by atoms with Crippen LogP contribution < -0.4 is 28.1 Å². The number of pyridine rings is 3. The molecular weight excluding hydrogens is 1260 g/mol. The Kier molecular flexibility index (Phi) is 43.8. The van der Waals surface area contributed by atoms with E-state index in [1.807, 2.05) is 269 Å². The Balaban J connectivity index is 0.000000577. The van der Waals surface area contributed by atoms with E-state index in [4.69, 9.17) is 0 Å². The van der Waals surface area contributed by atoms with Crippen LogP contribution in [-0.4, -0.2) is 63.0 Å². The first-order chi connectivity index (χ1) is 50.3. The lowest BCUT2D eigenvalue weighted by Crippen LogP contribution is -2.39. The fourth-order valence-electron chi connectivity index (χ4n) is 11.6. The van der Waals surface area contributed by atoms with E-state index in [0.717, 1.165) is 22.9 Å². The summed E-state index contributed by atoms with van der Waals surface area (Å²) < 4.78 is 25.8. The minimum atomic E-state index is 0.313. The van der Waals surface area contributed by atoms with Crippen LogP contribution in [0.2, 0.25) is 0 Å². The first-order valence-electron chi connectivity index (χ1n) is 38.3. The molecule has 6 aliphatic heterocycles. The Hall–Kier alpha value is -9.91. The normalized spacial score (nSPS) is 14.8. The molecule has 0 bridgehead atoms. The Morgan fingerprint density at radius 1 is 0.245 bits per heavy atom. The van der Waals surface area contributed by atoms with E-state index in [-0.39, 0.29) is 0 Å². The summed E-state index contributed by atoms with van der Waals surface area (Å²) in [6.45, 7) is 61.0. The second kappa shape index (κ2) is 49.6. The van der Waals surface area contributed by atoms with Crippen molar-refractivity contribution >= 4 is 0 Å². The molecular formula is C83H131N19+6. The van der Waals surface area contributed by atoms with Gasteiger partial charge in [-0.2, -0.15) is 0 Å². The van der Waals surface area contributed by atoms with E-state index in [0.29, 0.717) is 36.3 Å². The van der Waals surface area contributed by atoms with Crippen LogP contribution in [0.15, 0.2) is 215 Å². The van der Waals surface area contributed by atoms with Crippen LogP contribution in [0.4, 0.5) is 0 Å². The Morgan fingerprint density at radius 3 is 1.08 bits per heavy atom. The van der Waals surface area contributed by atoms with Crippen molar-refractivity contribution in [3.63, 3.8) is 0 Å². The monoisotopic (exact) mass is 1390 g/mol. The highest BCUT2D eigenvalue weighted by Crippen LogP contribution is 2.29. The highest BCUT2D eigenvalue weighted by molar-refractivity contribution is 5.43. The van der Waals surface area contributed by atoms with Crippen molar-refractivity contribution in [2.24, 2.45) is 0 Å². The number of benzene rings is 1. The lowest BCUT2D eigenvalue weighted by molar-refractivity contribution is -0.771. The average Bonchev–Trinajstić information content (AvgIpc) is 1.68. The summed E-state index contributed by atoms with van der Waals surface area (Å²) in [5, 5.41) is 0. The second-order valence-corrected chi connectivity index (χ2v) is 19.8. The standard InChI is InChI=1S/C11H11N2.3C10H10N3.2C9H9N4.12C2H6/c1-9-10-5-2-3-6-11(10)13-8-4-7-12(9)13;1-8-9-7-11-4-3-10(9)13-6-2-5-12(8)13;1-8-9-3-4-11-7-10(9)13-6-2-5-12(8)13;1-8-10-9(4-2-5-11-10)13-7-3-6-12(8)13;1-7-9-8(5-10-6-11-9)13-4-2-3-12(7)13;1-7-8-5-10-6-11-9(8)13-4-2-3-12(7)13;12*1-2/h2-9H,1H3;3*2-8H,1H3;2*2-7H,1H3;12*1-2H3/q6*+1;;;;;;;;;;;;. The van der Waals surface area contributed by atoms with Crippen molar-refractivity contribution in [3.8, 4) is 34.3 Å². The molecule has 0 aliphatic carbocycles. The molecule has 0 spiro atoms. The van der Waals surface area contributed by atoms with Crippen LogP contribution in [0.5, 0.6) is 0 Å². The zero-order chi connectivity index (χ0) is 77.0.